The Morgan fingerprint density at radius 2 is 2.23 bits per heavy atom. The van der Waals surface area contributed by atoms with Gasteiger partial charge in [0.15, 0.2) is 0 Å². The molecule has 1 aliphatic heterocycles. The van der Waals surface area contributed by atoms with Gasteiger partial charge in [0.2, 0.25) is 11.8 Å². The second kappa shape index (κ2) is 6.54. The zero-order chi connectivity index (χ0) is 16.3. The van der Waals surface area contributed by atoms with Gasteiger partial charge in [0, 0.05) is 31.6 Å². The van der Waals surface area contributed by atoms with Crippen LogP contribution in [0, 0.1) is 5.92 Å². The zero-order valence-electron chi connectivity index (χ0n) is 12.6. The summed E-state index contributed by atoms with van der Waals surface area (Å²) in [6, 6.07) is 1.79. The lowest BCUT2D eigenvalue weighted by molar-refractivity contribution is -0.137. The largest absolute Gasteiger partial charge is 0.472 e. The maximum Gasteiger partial charge on any atom is 0.416 e. The summed E-state index contributed by atoms with van der Waals surface area (Å²) in [7, 11) is 0. The maximum absolute atomic E-state index is 12.6. The first-order valence-corrected chi connectivity index (χ1v) is 7.23. The van der Waals surface area contributed by atoms with Gasteiger partial charge in [0.25, 0.3) is 0 Å². The molecule has 1 unspecified atom stereocenters. The Bertz CT molecular complexity index is 532. The molecule has 0 radical (unpaired) electrons. The van der Waals surface area contributed by atoms with Gasteiger partial charge in [-0.05, 0) is 12.0 Å². The molecule has 1 amide bonds. The molecule has 1 aliphatic rings. The molecule has 1 fully saturated rings. The number of pyridine rings is 1. The van der Waals surface area contributed by atoms with Gasteiger partial charge in [-0.1, -0.05) is 13.8 Å². The van der Waals surface area contributed by atoms with Crippen molar-refractivity contribution < 1.29 is 22.7 Å². The molecule has 4 nitrogen and oxygen atoms in total. The molecule has 1 saturated heterocycles. The molecule has 0 aromatic carbocycles. The molecule has 122 valence electrons. The topological polar surface area (TPSA) is 42.4 Å². The molecule has 2 rings (SSSR count). The third-order valence-corrected chi connectivity index (χ3v) is 3.43. The fourth-order valence-electron chi connectivity index (χ4n) is 2.35. The van der Waals surface area contributed by atoms with Gasteiger partial charge in [0.1, 0.15) is 6.10 Å². The molecular formula is C15H19F3N2O2. The van der Waals surface area contributed by atoms with E-state index in [1.54, 1.807) is 4.90 Å². The van der Waals surface area contributed by atoms with E-state index in [4.69, 9.17) is 4.74 Å². The van der Waals surface area contributed by atoms with Crippen molar-refractivity contribution in [3.63, 3.8) is 0 Å². The standard InChI is InChI=1S/C15H19F3N2O2/c1-10(2)7-14(21)20-6-4-12(9-20)22-13-8-11(3-5-19-13)15(16,17)18/h3,5,8,10,12H,4,6-7,9H2,1-2H3. The number of amides is 1. The van der Waals surface area contributed by atoms with Gasteiger partial charge in [0.05, 0.1) is 12.1 Å². The maximum atomic E-state index is 12.6. The number of hydrogen-bond acceptors (Lipinski definition) is 3. The number of likely N-dealkylation sites (tertiary alicyclic amines) is 1. The molecule has 1 aromatic rings. The van der Waals surface area contributed by atoms with Crippen LogP contribution in [-0.2, 0) is 11.0 Å². The predicted molar refractivity (Wildman–Crippen MR) is 74.3 cm³/mol. The number of rotatable bonds is 4. The molecule has 0 aliphatic carbocycles. The average Bonchev–Trinajstić information content (AvgIpc) is 2.86. The number of halogens is 3. The molecule has 0 bridgehead atoms. The number of carbonyl (C=O) groups excluding carboxylic acids is 1. The number of carbonyl (C=O) groups is 1. The van der Waals surface area contributed by atoms with Crippen molar-refractivity contribution in [2.75, 3.05) is 13.1 Å². The van der Waals surface area contributed by atoms with E-state index in [1.165, 1.54) is 0 Å². The lowest BCUT2D eigenvalue weighted by Gasteiger charge is -2.18. The van der Waals surface area contributed by atoms with Crippen molar-refractivity contribution in [2.24, 2.45) is 5.92 Å². The van der Waals surface area contributed by atoms with Gasteiger partial charge < -0.3 is 9.64 Å². The minimum atomic E-state index is -4.42. The van der Waals surface area contributed by atoms with E-state index in [-0.39, 0.29) is 23.8 Å². The van der Waals surface area contributed by atoms with Crippen molar-refractivity contribution in [1.82, 2.24) is 9.88 Å². The minimum Gasteiger partial charge on any atom is -0.472 e. The van der Waals surface area contributed by atoms with Crippen LogP contribution in [-0.4, -0.2) is 35.0 Å². The number of aromatic nitrogens is 1. The van der Waals surface area contributed by atoms with Gasteiger partial charge in [-0.15, -0.1) is 0 Å². The van der Waals surface area contributed by atoms with Crippen LogP contribution in [0.4, 0.5) is 13.2 Å². The summed E-state index contributed by atoms with van der Waals surface area (Å²) >= 11 is 0. The predicted octanol–water partition coefficient (Wildman–Crippen LogP) is 3.13. The highest BCUT2D eigenvalue weighted by molar-refractivity contribution is 5.76. The van der Waals surface area contributed by atoms with E-state index < -0.39 is 11.7 Å². The van der Waals surface area contributed by atoms with Gasteiger partial charge in [-0.3, -0.25) is 4.79 Å². The Labute approximate surface area is 127 Å². The number of ether oxygens (including phenoxy) is 1. The summed E-state index contributed by atoms with van der Waals surface area (Å²) in [5, 5.41) is 0. The van der Waals surface area contributed by atoms with Crippen molar-refractivity contribution in [3.8, 4) is 5.88 Å². The molecule has 2 heterocycles. The van der Waals surface area contributed by atoms with E-state index >= 15 is 0 Å². The lowest BCUT2D eigenvalue weighted by atomic mass is 10.1. The Kier molecular flexibility index (Phi) is 4.93. The smallest absolute Gasteiger partial charge is 0.416 e. The summed E-state index contributed by atoms with van der Waals surface area (Å²) in [6.45, 7) is 4.89. The van der Waals surface area contributed by atoms with E-state index in [0.717, 1.165) is 18.3 Å². The second-order valence-electron chi connectivity index (χ2n) is 5.85. The second-order valence-corrected chi connectivity index (χ2v) is 5.85. The van der Waals surface area contributed by atoms with Crippen LogP contribution in [0.2, 0.25) is 0 Å². The average molecular weight is 316 g/mol. The lowest BCUT2D eigenvalue weighted by Crippen LogP contribution is -2.31. The Hall–Kier alpha value is -1.79. The van der Waals surface area contributed by atoms with Crippen LogP contribution in [0.5, 0.6) is 5.88 Å². The summed E-state index contributed by atoms with van der Waals surface area (Å²) in [5.41, 5.74) is -0.789. The first-order chi connectivity index (χ1) is 10.3. The highest BCUT2D eigenvalue weighted by Gasteiger charge is 2.32. The molecule has 0 saturated carbocycles. The van der Waals surface area contributed by atoms with Crippen LogP contribution >= 0.6 is 0 Å². The fraction of sp³-hybridized carbons (Fsp3) is 0.600. The van der Waals surface area contributed by atoms with Crippen LogP contribution < -0.4 is 4.74 Å². The Balaban J connectivity index is 1.94. The molecule has 1 aromatic heterocycles. The van der Waals surface area contributed by atoms with E-state index in [2.05, 4.69) is 4.98 Å². The van der Waals surface area contributed by atoms with Crippen LogP contribution in [0.15, 0.2) is 18.3 Å². The minimum absolute atomic E-state index is 0.0538. The first-order valence-electron chi connectivity index (χ1n) is 7.23. The number of hydrogen-bond donors (Lipinski definition) is 0. The van der Waals surface area contributed by atoms with Crippen molar-refractivity contribution in [2.45, 2.75) is 39.0 Å². The summed E-state index contributed by atoms with van der Waals surface area (Å²) in [6.07, 6.45) is -2.59. The van der Waals surface area contributed by atoms with Crippen molar-refractivity contribution >= 4 is 5.91 Å². The zero-order valence-corrected chi connectivity index (χ0v) is 12.6. The number of nitrogens with zero attached hydrogens (tertiary/aromatic N) is 2. The van der Waals surface area contributed by atoms with Crippen LogP contribution in [0.25, 0.3) is 0 Å². The summed E-state index contributed by atoms with van der Waals surface area (Å²) in [5.74, 6) is 0.272. The third kappa shape index (κ3) is 4.35. The SMILES string of the molecule is CC(C)CC(=O)N1CCC(Oc2cc(C(F)(F)F)ccn2)C1. The van der Waals surface area contributed by atoms with E-state index in [9.17, 15) is 18.0 Å². The van der Waals surface area contributed by atoms with Gasteiger partial charge in [-0.25, -0.2) is 4.98 Å². The normalized spacial score (nSPS) is 18.8. The highest BCUT2D eigenvalue weighted by atomic mass is 19.4. The number of alkyl halides is 3. The van der Waals surface area contributed by atoms with Crippen LogP contribution in [0.1, 0.15) is 32.3 Å². The quantitative estimate of drug-likeness (QED) is 0.857. The van der Waals surface area contributed by atoms with E-state index in [0.29, 0.717) is 25.9 Å². The molecule has 1 atom stereocenters. The van der Waals surface area contributed by atoms with Crippen molar-refractivity contribution in [1.29, 1.82) is 0 Å². The Morgan fingerprint density at radius 3 is 2.86 bits per heavy atom. The summed E-state index contributed by atoms with van der Waals surface area (Å²) < 4.78 is 43.4. The summed E-state index contributed by atoms with van der Waals surface area (Å²) in [4.78, 5) is 17.4. The van der Waals surface area contributed by atoms with Crippen molar-refractivity contribution in [3.05, 3.63) is 23.9 Å². The highest BCUT2D eigenvalue weighted by Crippen LogP contribution is 2.31. The van der Waals surface area contributed by atoms with Gasteiger partial charge in [-0.2, -0.15) is 13.2 Å². The monoisotopic (exact) mass is 316 g/mol. The van der Waals surface area contributed by atoms with E-state index in [1.807, 2.05) is 13.8 Å². The third-order valence-electron chi connectivity index (χ3n) is 3.43. The molecule has 7 heteroatoms. The Morgan fingerprint density at radius 1 is 1.50 bits per heavy atom. The molecule has 22 heavy (non-hydrogen) atoms. The van der Waals surface area contributed by atoms with Gasteiger partial charge >= 0.3 is 6.18 Å². The van der Waals surface area contributed by atoms with Crippen LogP contribution in [0.3, 0.4) is 0 Å². The first kappa shape index (κ1) is 16.6. The fourth-order valence-corrected chi connectivity index (χ4v) is 2.35. The molecule has 0 N–H and O–H groups in total. The molecular weight excluding hydrogens is 297 g/mol. The molecule has 0 spiro atoms.